The van der Waals surface area contributed by atoms with Crippen molar-refractivity contribution >= 4 is 23.2 Å². The van der Waals surface area contributed by atoms with Crippen molar-refractivity contribution in [2.45, 2.75) is 25.8 Å². The second kappa shape index (κ2) is 7.61. The first-order chi connectivity index (χ1) is 12.4. The van der Waals surface area contributed by atoms with E-state index in [1.54, 1.807) is 16.9 Å². The van der Waals surface area contributed by atoms with Gasteiger partial charge in [0.15, 0.2) is 17.3 Å². The molecule has 1 unspecified atom stereocenters. The number of nitrogens with zero attached hydrogens (tertiary/aromatic N) is 2. The zero-order valence-corrected chi connectivity index (χ0v) is 14.2. The summed E-state index contributed by atoms with van der Waals surface area (Å²) >= 11 is 0. The Morgan fingerprint density at radius 1 is 1.23 bits per heavy atom. The van der Waals surface area contributed by atoms with Crippen LogP contribution in [0.4, 0.5) is 20.2 Å². The lowest BCUT2D eigenvalue weighted by Gasteiger charge is -2.22. The minimum absolute atomic E-state index is 0.0272. The number of amides is 2. The lowest BCUT2D eigenvalue weighted by molar-refractivity contribution is -0.114. The molecule has 1 saturated heterocycles. The lowest BCUT2D eigenvalue weighted by atomic mass is 10.1. The van der Waals surface area contributed by atoms with Gasteiger partial charge in [0.2, 0.25) is 5.91 Å². The summed E-state index contributed by atoms with van der Waals surface area (Å²) in [5, 5.41) is 12.4. The van der Waals surface area contributed by atoms with Crippen LogP contribution < -0.4 is 16.0 Å². The molecule has 1 atom stereocenters. The van der Waals surface area contributed by atoms with Crippen LogP contribution in [-0.4, -0.2) is 34.7 Å². The van der Waals surface area contributed by atoms with Crippen LogP contribution in [-0.2, 0) is 4.79 Å². The number of aromatic nitrogens is 2. The second-order valence-electron chi connectivity index (χ2n) is 6.13. The smallest absolute Gasteiger partial charge is 0.276 e. The number of hydrogen-bond donors (Lipinski definition) is 3. The number of hydrogen-bond acceptors (Lipinski definition) is 4. The van der Waals surface area contributed by atoms with Crippen molar-refractivity contribution in [2.75, 3.05) is 23.7 Å². The number of benzene rings is 1. The van der Waals surface area contributed by atoms with Crippen LogP contribution in [0.5, 0.6) is 0 Å². The van der Waals surface area contributed by atoms with Crippen molar-refractivity contribution in [3.63, 3.8) is 0 Å². The highest BCUT2D eigenvalue weighted by Crippen LogP contribution is 2.26. The third-order valence-corrected chi connectivity index (χ3v) is 4.11. The van der Waals surface area contributed by atoms with Gasteiger partial charge in [-0.15, -0.1) is 0 Å². The molecule has 0 spiro atoms. The van der Waals surface area contributed by atoms with Crippen LogP contribution in [0.25, 0.3) is 0 Å². The number of piperidine rings is 1. The molecule has 0 saturated carbocycles. The van der Waals surface area contributed by atoms with Gasteiger partial charge >= 0.3 is 0 Å². The van der Waals surface area contributed by atoms with Gasteiger partial charge in [-0.3, -0.25) is 14.3 Å². The molecule has 7 nitrogen and oxygen atoms in total. The normalized spacial score (nSPS) is 17.0. The highest BCUT2D eigenvalue weighted by molar-refractivity contribution is 6.06. The van der Waals surface area contributed by atoms with E-state index in [0.717, 1.165) is 38.1 Å². The average molecular weight is 363 g/mol. The number of rotatable bonds is 4. The van der Waals surface area contributed by atoms with Crippen molar-refractivity contribution in [2.24, 2.45) is 0 Å². The quantitative estimate of drug-likeness (QED) is 0.778. The van der Waals surface area contributed by atoms with E-state index in [1.165, 1.54) is 6.92 Å². The van der Waals surface area contributed by atoms with Crippen molar-refractivity contribution in [3.8, 4) is 0 Å². The van der Waals surface area contributed by atoms with Crippen LogP contribution in [0, 0.1) is 11.6 Å². The van der Waals surface area contributed by atoms with Gasteiger partial charge in [-0.2, -0.15) is 5.10 Å². The van der Waals surface area contributed by atoms with Gasteiger partial charge in [0.25, 0.3) is 5.91 Å². The first-order valence-corrected chi connectivity index (χ1v) is 8.28. The lowest BCUT2D eigenvalue weighted by Crippen LogP contribution is -2.32. The van der Waals surface area contributed by atoms with Gasteiger partial charge in [0, 0.05) is 31.8 Å². The molecule has 2 heterocycles. The Labute approximate surface area is 148 Å². The van der Waals surface area contributed by atoms with Gasteiger partial charge in [-0.25, -0.2) is 8.78 Å². The largest absolute Gasteiger partial charge is 0.324 e. The van der Waals surface area contributed by atoms with E-state index in [1.807, 2.05) is 0 Å². The van der Waals surface area contributed by atoms with Gasteiger partial charge < -0.3 is 16.0 Å². The van der Waals surface area contributed by atoms with E-state index in [4.69, 9.17) is 0 Å². The maximum absolute atomic E-state index is 13.5. The zero-order valence-electron chi connectivity index (χ0n) is 14.2. The second-order valence-corrected chi connectivity index (χ2v) is 6.13. The van der Waals surface area contributed by atoms with Gasteiger partial charge in [0.05, 0.1) is 17.4 Å². The molecule has 1 aromatic heterocycles. The fraction of sp³-hybridized carbons (Fsp3) is 0.353. The Morgan fingerprint density at radius 2 is 1.92 bits per heavy atom. The molecular formula is C17H19F2N5O2. The number of carbonyl (C=O) groups is 2. The van der Waals surface area contributed by atoms with Gasteiger partial charge in [-0.05, 0) is 25.5 Å². The predicted octanol–water partition coefficient (Wildman–Crippen LogP) is 2.30. The molecule has 2 aromatic rings. The number of nitrogens with one attached hydrogen (secondary N) is 3. The molecule has 138 valence electrons. The maximum Gasteiger partial charge on any atom is 0.276 e. The Bertz CT molecular complexity index is 831. The van der Waals surface area contributed by atoms with E-state index in [-0.39, 0.29) is 23.1 Å². The van der Waals surface area contributed by atoms with Crippen molar-refractivity contribution in [3.05, 3.63) is 41.7 Å². The Morgan fingerprint density at radius 3 is 2.54 bits per heavy atom. The highest BCUT2D eigenvalue weighted by atomic mass is 19.2. The molecule has 3 rings (SSSR count). The molecule has 26 heavy (non-hydrogen) atoms. The summed E-state index contributed by atoms with van der Waals surface area (Å²) in [5.41, 5.74) is 0.0766. The van der Waals surface area contributed by atoms with E-state index < -0.39 is 23.4 Å². The standard InChI is InChI=1S/C17H19F2N5O2/c1-10(25)21-15-7-12(18)13(19)8-16(15)22-17(26)14-4-6-24(23-14)11-3-2-5-20-9-11/h4,6-8,11,20H,2-3,5,9H2,1H3,(H,21,25)(H,22,26). The molecule has 2 amide bonds. The fourth-order valence-corrected chi connectivity index (χ4v) is 2.85. The third kappa shape index (κ3) is 4.05. The number of halogens is 2. The SMILES string of the molecule is CC(=O)Nc1cc(F)c(F)cc1NC(=O)c1ccn(C2CCCNC2)n1. The molecule has 1 fully saturated rings. The first-order valence-electron chi connectivity index (χ1n) is 8.28. The summed E-state index contributed by atoms with van der Waals surface area (Å²) in [5.74, 6) is -3.31. The summed E-state index contributed by atoms with van der Waals surface area (Å²) in [6.07, 6.45) is 3.71. The topological polar surface area (TPSA) is 88.0 Å². The van der Waals surface area contributed by atoms with Crippen LogP contribution in [0.3, 0.4) is 0 Å². The van der Waals surface area contributed by atoms with E-state index in [9.17, 15) is 18.4 Å². The molecular weight excluding hydrogens is 344 g/mol. The summed E-state index contributed by atoms with van der Waals surface area (Å²) in [7, 11) is 0. The van der Waals surface area contributed by atoms with Crippen molar-refractivity contribution < 1.29 is 18.4 Å². The van der Waals surface area contributed by atoms with Gasteiger partial charge in [0.1, 0.15) is 0 Å². The fourth-order valence-electron chi connectivity index (χ4n) is 2.85. The van der Waals surface area contributed by atoms with Crippen LogP contribution in [0.15, 0.2) is 24.4 Å². The molecule has 1 aliphatic heterocycles. The Balaban J connectivity index is 1.78. The maximum atomic E-state index is 13.5. The zero-order chi connectivity index (χ0) is 18.7. The monoisotopic (exact) mass is 363 g/mol. The molecule has 0 aliphatic carbocycles. The van der Waals surface area contributed by atoms with Crippen LogP contribution >= 0.6 is 0 Å². The third-order valence-electron chi connectivity index (χ3n) is 4.11. The molecule has 1 aliphatic rings. The van der Waals surface area contributed by atoms with E-state index in [2.05, 4.69) is 21.0 Å². The predicted molar refractivity (Wildman–Crippen MR) is 92.0 cm³/mol. The number of anilines is 2. The average Bonchev–Trinajstić information content (AvgIpc) is 3.10. The Kier molecular flexibility index (Phi) is 5.27. The summed E-state index contributed by atoms with van der Waals surface area (Å²) in [6, 6.07) is 3.37. The highest BCUT2D eigenvalue weighted by Gasteiger charge is 2.19. The molecule has 0 radical (unpaired) electrons. The first kappa shape index (κ1) is 18.0. The minimum atomic E-state index is -1.13. The molecule has 1 aromatic carbocycles. The molecule has 3 N–H and O–H groups in total. The summed E-state index contributed by atoms with van der Waals surface area (Å²) in [6.45, 7) is 2.97. The van der Waals surface area contributed by atoms with Crippen molar-refractivity contribution in [1.29, 1.82) is 0 Å². The Hall–Kier alpha value is -2.81. The van der Waals surface area contributed by atoms with E-state index >= 15 is 0 Å². The van der Waals surface area contributed by atoms with Crippen LogP contribution in [0.2, 0.25) is 0 Å². The minimum Gasteiger partial charge on any atom is -0.324 e. The molecule has 9 heteroatoms. The summed E-state index contributed by atoms with van der Waals surface area (Å²) < 4.78 is 28.7. The number of carbonyl (C=O) groups excluding carboxylic acids is 2. The van der Waals surface area contributed by atoms with Crippen LogP contribution in [0.1, 0.15) is 36.3 Å². The van der Waals surface area contributed by atoms with Crippen molar-refractivity contribution in [1.82, 2.24) is 15.1 Å². The summed E-state index contributed by atoms with van der Waals surface area (Å²) in [4.78, 5) is 23.6. The molecule has 0 bridgehead atoms. The van der Waals surface area contributed by atoms with Gasteiger partial charge in [-0.1, -0.05) is 0 Å². The van der Waals surface area contributed by atoms with E-state index in [0.29, 0.717) is 0 Å².